The molecule has 3 aromatic heterocycles. The Kier molecular flexibility index (Phi) is 5.06. The molecule has 142 valence electrons. The van der Waals surface area contributed by atoms with Crippen molar-refractivity contribution in [3.8, 4) is 22.6 Å². The molecule has 0 bridgehead atoms. The molecule has 0 aliphatic heterocycles. The number of hydrogen-bond donors (Lipinski definition) is 1. The summed E-state index contributed by atoms with van der Waals surface area (Å²) in [4.78, 5) is 10.8. The van der Waals surface area contributed by atoms with Crippen molar-refractivity contribution in [1.29, 1.82) is 0 Å². The summed E-state index contributed by atoms with van der Waals surface area (Å²) < 4.78 is 26.8. The molecule has 10 heteroatoms. The van der Waals surface area contributed by atoms with Gasteiger partial charge < -0.3 is 4.98 Å². The van der Waals surface area contributed by atoms with E-state index in [2.05, 4.69) is 25.3 Å². The van der Waals surface area contributed by atoms with Crippen molar-refractivity contribution in [3.63, 3.8) is 0 Å². The summed E-state index contributed by atoms with van der Waals surface area (Å²) in [5.41, 5.74) is 2.20. The zero-order valence-electron chi connectivity index (χ0n) is 14.2. The van der Waals surface area contributed by atoms with Gasteiger partial charge in [0, 0.05) is 17.3 Å². The lowest BCUT2D eigenvalue weighted by Gasteiger charge is -2.04. The van der Waals surface area contributed by atoms with E-state index in [1.807, 2.05) is 18.2 Å². The molecule has 1 aromatic carbocycles. The van der Waals surface area contributed by atoms with Gasteiger partial charge in [-0.2, -0.15) is 0 Å². The Morgan fingerprint density at radius 1 is 1.04 bits per heavy atom. The number of aromatic nitrogens is 6. The quantitative estimate of drug-likeness (QED) is 0.491. The molecule has 4 aromatic rings. The largest absolute Gasteiger partial charge is 0.337 e. The molecule has 3 heterocycles. The highest BCUT2D eigenvalue weighted by Gasteiger charge is 2.16. The Morgan fingerprint density at radius 3 is 2.54 bits per heavy atom. The smallest absolute Gasteiger partial charge is 0.279 e. The van der Waals surface area contributed by atoms with Crippen LogP contribution < -0.4 is 0 Å². The summed E-state index contributed by atoms with van der Waals surface area (Å²) in [7, 11) is 0. The SMILES string of the molecule is FC(F)c1cnc(-c2ccc(Cn3nnc(-c4ccccc4Cl)c3Cl)nc2)[nH]1. The monoisotopic (exact) mass is 420 g/mol. The number of rotatable bonds is 5. The van der Waals surface area contributed by atoms with Crippen LogP contribution in [-0.2, 0) is 6.54 Å². The fourth-order valence-electron chi connectivity index (χ4n) is 2.63. The Hall–Kier alpha value is -2.84. The van der Waals surface area contributed by atoms with Crippen molar-refractivity contribution in [1.82, 2.24) is 29.9 Å². The lowest BCUT2D eigenvalue weighted by molar-refractivity contribution is 0.146. The minimum Gasteiger partial charge on any atom is -0.337 e. The van der Waals surface area contributed by atoms with Gasteiger partial charge in [-0.1, -0.05) is 46.6 Å². The highest BCUT2D eigenvalue weighted by atomic mass is 35.5. The highest BCUT2D eigenvalue weighted by molar-refractivity contribution is 6.35. The molecule has 0 saturated heterocycles. The maximum absolute atomic E-state index is 12.7. The number of pyridine rings is 1. The second kappa shape index (κ2) is 7.65. The van der Waals surface area contributed by atoms with Gasteiger partial charge >= 0.3 is 0 Å². The normalized spacial score (nSPS) is 11.3. The van der Waals surface area contributed by atoms with Crippen molar-refractivity contribution < 1.29 is 8.78 Å². The number of hydrogen-bond acceptors (Lipinski definition) is 4. The minimum atomic E-state index is -2.60. The van der Waals surface area contributed by atoms with Crippen molar-refractivity contribution in [3.05, 3.63) is 70.4 Å². The van der Waals surface area contributed by atoms with Crippen LogP contribution in [0.3, 0.4) is 0 Å². The van der Waals surface area contributed by atoms with Crippen LogP contribution in [0.2, 0.25) is 10.2 Å². The van der Waals surface area contributed by atoms with Crippen LogP contribution in [0, 0.1) is 0 Å². The van der Waals surface area contributed by atoms with Gasteiger partial charge in [0.05, 0.1) is 23.5 Å². The summed E-state index contributed by atoms with van der Waals surface area (Å²) in [5, 5.41) is 9.04. The number of imidazole rings is 1. The average molecular weight is 421 g/mol. The first-order chi connectivity index (χ1) is 13.5. The molecule has 28 heavy (non-hydrogen) atoms. The van der Waals surface area contributed by atoms with Crippen molar-refractivity contribution in [2.24, 2.45) is 0 Å². The van der Waals surface area contributed by atoms with E-state index in [9.17, 15) is 8.78 Å². The van der Waals surface area contributed by atoms with Gasteiger partial charge in [0.15, 0.2) is 5.15 Å². The van der Waals surface area contributed by atoms with Crippen molar-refractivity contribution in [2.75, 3.05) is 0 Å². The van der Waals surface area contributed by atoms with E-state index in [1.54, 1.807) is 24.4 Å². The van der Waals surface area contributed by atoms with Crippen molar-refractivity contribution in [2.45, 2.75) is 13.0 Å². The first kappa shape index (κ1) is 18.5. The molecule has 0 amide bonds. The van der Waals surface area contributed by atoms with Gasteiger partial charge in [0.2, 0.25) is 0 Å². The highest BCUT2D eigenvalue weighted by Crippen LogP contribution is 2.31. The zero-order valence-corrected chi connectivity index (χ0v) is 15.7. The number of aromatic amines is 1. The van der Waals surface area contributed by atoms with Crippen LogP contribution in [0.15, 0.2) is 48.8 Å². The van der Waals surface area contributed by atoms with Crippen molar-refractivity contribution >= 4 is 23.2 Å². The number of nitrogens with one attached hydrogen (secondary N) is 1. The predicted octanol–water partition coefficient (Wildman–Crippen LogP) is 5.02. The summed E-state index contributed by atoms with van der Waals surface area (Å²) in [5.74, 6) is 0.328. The lowest BCUT2D eigenvalue weighted by atomic mass is 10.2. The fraction of sp³-hybridized carbons (Fsp3) is 0.111. The molecule has 1 N–H and O–H groups in total. The maximum atomic E-state index is 12.7. The maximum Gasteiger partial charge on any atom is 0.279 e. The van der Waals surface area contributed by atoms with Crippen LogP contribution in [0.25, 0.3) is 22.6 Å². The van der Waals surface area contributed by atoms with Gasteiger partial charge in [-0.05, 0) is 18.2 Å². The average Bonchev–Trinajstić information content (AvgIpc) is 3.31. The van der Waals surface area contributed by atoms with Crippen LogP contribution in [0.5, 0.6) is 0 Å². The summed E-state index contributed by atoms with van der Waals surface area (Å²) in [6.45, 7) is 0.289. The van der Waals surface area contributed by atoms with Crippen LogP contribution in [0.1, 0.15) is 17.8 Å². The second-order valence-corrected chi connectivity index (χ2v) is 6.66. The predicted molar refractivity (Wildman–Crippen MR) is 101 cm³/mol. The Bertz CT molecular complexity index is 1110. The number of benzene rings is 1. The third-order valence-electron chi connectivity index (χ3n) is 4.04. The van der Waals surface area contributed by atoms with E-state index in [4.69, 9.17) is 23.2 Å². The fourth-order valence-corrected chi connectivity index (χ4v) is 3.08. The molecule has 0 fully saturated rings. The van der Waals surface area contributed by atoms with E-state index in [0.29, 0.717) is 38.5 Å². The Labute approximate surface area is 168 Å². The van der Waals surface area contributed by atoms with E-state index in [-0.39, 0.29) is 12.2 Å². The summed E-state index contributed by atoms with van der Waals surface area (Å²) in [6, 6.07) is 10.7. The topological polar surface area (TPSA) is 72.3 Å². The molecule has 0 aliphatic carbocycles. The molecule has 0 radical (unpaired) electrons. The van der Waals surface area contributed by atoms with Gasteiger partial charge in [-0.3, -0.25) is 4.98 Å². The minimum absolute atomic E-state index is 0.236. The van der Waals surface area contributed by atoms with E-state index in [0.717, 1.165) is 6.20 Å². The van der Waals surface area contributed by atoms with E-state index in [1.165, 1.54) is 4.68 Å². The number of nitrogens with zero attached hydrogens (tertiary/aromatic N) is 5. The van der Waals surface area contributed by atoms with Gasteiger partial charge in [-0.15, -0.1) is 5.10 Å². The zero-order chi connectivity index (χ0) is 19.7. The lowest BCUT2D eigenvalue weighted by Crippen LogP contribution is -2.04. The number of H-pyrrole nitrogens is 1. The second-order valence-electron chi connectivity index (χ2n) is 5.89. The van der Waals surface area contributed by atoms with Gasteiger partial charge in [0.25, 0.3) is 6.43 Å². The summed E-state index contributed by atoms with van der Waals surface area (Å²) in [6.07, 6.45) is 0.0537. The molecular weight excluding hydrogens is 409 g/mol. The van der Waals surface area contributed by atoms with Crippen LogP contribution in [-0.4, -0.2) is 29.9 Å². The molecule has 0 unspecified atom stereocenters. The van der Waals surface area contributed by atoms with E-state index >= 15 is 0 Å². The number of alkyl halides is 2. The molecule has 0 atom stereocenters. The molecule has 6 nitrogen and oxygen atoms in total. The summed E-state index contributed by atoms with van der Waals surface area (Å²) >= 11 is 12.6. The molecule has 0 spiro atoms. The first-order valence-corrected chi connectivity index (χ1v) is 8.90. The third-order valence-corrected chi connectivity index (χ3v) is 4.75. The molecule has 0 saturated carbocycles. The first-order valence-electron chi connectivity index (χ1n) is 8.15. The third kappa shape index (κ3) is 3.61. The Morgan fingerprint density at radius 2 is 1.86 bits per heavy atom. The standard InChI is InChI=1S/C18H12Cl2F2N6/c19-13-4-2-1-3-12(13)15-16(20)28(27-26-15)9-11-6-5-10(7-23-11)18-24-8-14(25-18)17(21)22/h1-8,17H,9H2,(H,24,25). The number of halogens is 4. The van der Waals surface area contributed by atoms with E-state index < -0.39 is 6.43 Å². The van der Waals surface area contributed by atoms with Crippen LogP contribution >= 0.6 is 23.2 Å². The van der Waals surface area contributed by atoms with Crippen LogP contribution in [0.4, 0.5) is 8.78 Å². The Balaban J connectivity index is 1.54. The molecule has 4 rings (SSSR count). The van der Waals surface area contributed by atoms with Gasteiger partial charge in [-0.25, -0.2) is 18.4 Å². The molecular formula is C18H12Cl2F2N6. The van der Waals surface area contributed by atoms with Gasteiger partial charge in [0.1, 0.15) is 17.2 Å². The molecule has 0 aliphatic rings.